The second-order valence-electron chi connectivity index (χ2n) is 4.78. The first kappa shape index (κ1) is 14.0. The molecule has 17 heavy (non-hydrogen) atoms. The van der Waals surface area contributed by atoms with E-state index in [-0.39, 0.29) is 5.82 Å². The number of aliphatic hydroxyl groups excluding tert-OH is 1. The summed E-state index contributed by atoms with van der Waals surface area (Å²) in [6.07, 6.45) is -0.785. The highest BCUT2D eigenvalue weighted by atomic mass is 19.1. The maximum Gasteiger partial charge on any atom is 0.131 e. The van der Waals surface area contributed by atoms with Gasteiger partial charge in [0.1, 0.15) is 5.82 Å². The van der Waals surface area contributed by atoms with E-state index in [2.05, 4.69) is 18.7 Å². The monoisotopic (exact) mass is 239 g/mol. The quantitative estimate of drug-likeness (QED) is 0.851. The van der Waals surface area contributed by atoms with Crippen LogP contribution >= 0.6 is 0 Å². The first-order valence-electron chi connectivity index (χ1n) is 6.18. The van der Waals surface area contributed by atoms with Gasteiger partial charge in [-0.3, -0.25) is 0 Å². The van der Waals surface area contributed by atoms with E-state index < -0.39 is 6.10 Å². The van der Waals surface area contributed by atoms with Crippen LogP contribution in [0.5, 0.6) is 0 Å². The fourth-order valence-electron chi connectivity index (χ4n) is 2.05. The van der Waals surface area contributed by atoms with E-state index in [1.54, 1.807) is 13.0 Å². The van der Waals surface area contributed by atoms with Gasteiger partial charge in [0, 0.05) is 24.3 Å². The second-order valence-corrected chi connectivity index (χ2v) is 4.78. The largest absolute Gasteiger partial charge is 0.389 e. The molecule has 0 spiro atoms. The van der Waals surface area contributed by atoms with Gasteiger partial charge in [-0.05, 0) is 31.9 Å². The molecule has 0 aliphatic heterocycles. The summed E-state index contributed by atoms with van der Waals surface area (Å²) in [4.78, 5) is 2.11. The number of halogens is 1. The summed E-state index contributed by atoms with van der Waals surface area (Å²) < 4.78 is 13.7. The average Bonchev–Trinajstić information content (AvgIpc) is 2.24. The van der Waals surface area contributed by atoms with Gasteiger partial charge >= 0.3 is 0 Å². The third-order valence-corrected chi connectivity index (χ3v) is 2.76. The van der Waals surface area contributed by atoms with Gasteiger partial charge in [0.05, 0.1) is 6.10 Å². The Balaban J connectivity index is 3.14. The molecule has 1 aromatic carbocycles. The molecule has 0 unspecified atom stereocenters. The van der Waals surface area contributed by atoms with Crippen molar-refractivity contribution in [2.45, 2.75) is 33.8 Å². The number of aliphatic hydroxyl groups is 1. The van der Waals surface area contributed by atoms with Crippen molar-refractivity contribution in [1.82, 2.24) is 0 Å². The Bertz CT molecular complexity index is 363. The van der Waals surface area contributed by atoms with Crippen LogP contribution < -0.4 is 4.90 Å². The first-order valence-corrected chi connectivity index (χ1v) is 6.18. The van der Waals surface area contributed by atoms with Crippen molar-refractivity contribution in [3.05, 3.63) is 29.6 Å². The maximum atomic E-state index is 13.7. The van der Waals surface area contributed by atoms with Gasteiger partial charge in [0.15, 0.2) is 0 Å². The van der Waals surface area contributed by atoms with Crippen LogP contribution in [0.1, 0.15) is 39.4 Å². The summed E-state index contributed by atoms with van der Waals surface area (Å²) in [6, 6.07) is 4.96. The molecule has 1 N–H and O–H groups in total. The lowest BCUT2D eigenvalue weighted by Gasteiger charge is -2.28. The van der Waals surface area contributed by atoms with E-state index in [1.807, 2.05) is 13.0 Å². The zero-order valence-corrected chi connectivity index (χ0v) is 11.1. The van der Waals surface area contributed by atoms with Crippen LogP contribution in [0, 0.1) is 11.7 Å². The molecule has 0 aromatic heterocycles. The molecule has 0 aliphatic rings. The minimum absolute atomic E-state index is 0.334. The Morgan fingerprint density at radius 3 is 2.41 bits per heavy atom. The number of anilines is 1. The Hall–Kier alpha value is -1.09. The Morgan fingerprint density at radius 2 is 1.94 bits per heavy atom. The van der Waals surface area contributed by atoms with E-state index >= 15 is 0 Å². The standard InChI is InChI=1S/C14H22FNO/c1-5-16(9-10(2)3)13-8-6-7-12(15)14(13)11(4)17/h6-8,10-11,17H,5,9H2,1-4H3/t11-/m1/s1. The fraction of sp³-hybridized carbons (Fsp3) is 0.571. The molecule has 0 saturated carbocycles. The van der Waals surface area contributed by atoms with Crippen LogP contribution in [0.2, 0.25) is 0 Å². The number of rotatable bonds is 5. The van der Waals surface area contributed by atoms with Crippen molar-refractivity contribution in [2.24, 2.45) is 5.92 Å². The van der Waals surface area contributed by atoms with Crippen molar-refractivity contribution >= 4 is 5.69 Å². The van der Waals surface area contributed by atoms with Crippen molar-refractivity contribution in [2.75, 3.05) is 18.0 Å². The van der Waals surface area contributed by atoms with E-state index in [4.69, 9.17) is 0 Å². The summed E-state index contributed by atoms with van der Waals surface area (Å²) in [6.45, 7) is 9.57. The van der Waals surface area contributed by atoms with Gasteiger partial charge in [0.25, 0.3) is 0 Å². The van der Waals surface area contributed by atoms with Crippen molar-refractivity contribution in [3.8, 4) is 0 Å². The fourth-order valence-corrected chi connectivity index (χ4v) is 2.05. The number of hydrogen-bond donors (Lipinski definition) is 1. The highest BCUT2D eigenvalue weighted by Crippen LogP contribution is 2.29. The van der Waals surface area contributed by atoms with Gasteiger partial charge in [-0.15, -0.1) is 0 Å². The van der Waals surface area contributed by atoms with Crippen molar-refractivity contribution < 1.29 is 9.50 Å². The Morgan fingerprint density at radius 1 is 1.29 bits per heavy atom. The third kappa shape index (κ3) is 3.43. The van der Waals surface area contributed by atoms with Crippen LogP contribution in [0.4, 0.5) is 10.1 Å². The molecule has 96 valence electrons. The van der Waals surface area contributed by atoms with Gasteiger partial charge < -0.3 is 10.0 Å². The van der Waals surface area contributed by atoms with Crippen LogP contribution in [-0.4, -0.2) is 18.2 Å². The predicted molar refractivity (Wildman–Crippen MR) is 69.8 cm³/mol. The number of hydrogen-bond acceptors (Lipinski definition) is 2. The van der Waals surface area contributed by atoms with Crippen LogP contribution in [0.15, 0.2) is 18.2 Å². The topological polar surface area (TPSA) is 23.5 Å². The molecule has 1 aromatic rings. The third-order valence-electron chi connectivity index (χ3n) is 2.76. The highest BCUT2D eigenvalue weighted by Gasteiger charge is 2.17. The van der Waals surface area contributed by atoms with Gasteiger partial charge in [0.2, 0.25) is 0 Å². The molecule has 0 aliphatic carbocycles. The molecular formula is C14H22FNO. The zero-order valence-electron chi connectivity index (χ0n) is 11.1. The summed E-state index contributed by atoms with van der Waals surface area (Å²) in [5.74, 6) is 0.166. The molecule has 0 amide bonds. The zero-order chi connectivity index (χ0) is 13.0. The van der Waals surface area contributed by atoms with E-state index in [9.17, 15) is 9.50 Å². The van der Waals surface area contributed by atoms with Gasteiger partial charge in [-0.25, -0.2) is 4.39 Å². The first-order chi connectivity index (χ1) is 7.97. The lowest BCUT2D eigenvalue weighted by Crippen LogP contribution is -2.28. The minimum Gasteiger partial charge on any atom is -0.389 e. The van der Waals surface area contributed by atoms with Crippen molar-refractivity contribution in [3.63, 3.8) is 0 Å². The lowest BCUT2D eigenvalue weighted by molar-refractivity contribution is 0.194. The van der Waals surface area contributed by atoms with Crippen molar-refractivity contribution in [1.29, 1.82) is 0 Å². The normalized spacial score (nSPS) is 12.9. The molecule has 0 saturated heterocycles. The molecular weight excluding hydrogens is 217 g/mol. The van der Waals surface area contributed by atoms with Gasteiger partial charge in [-0.1, -0.05) is 19.9 Å². The van der Waals surface area contributed by atoms with Gasteiger partial charge in [-0.2, -0.15) is 0 Å². The summed E-state index contributed by atoms with van der Waals surface area (Å²) >= 11 is 0. The molecule has 0 fully saturated rings. The highest BCUT2D eigenvalue weighted by molar-refractivity contribution is 5.55. The van der Waals surface area contributed by atoms with E-state index in [0.717, 1.165) is 18.8 Å². The molecule has 1 atom stereocenters. The summed E-state index contributed by atoms with van der Waals surface area (Å²) in [7, 11) is 0. The molecule has 3 heteroatoms. The predicted octanol–water partition coefficient (Wildman–Crippen LogP) is 3.36. The Kier molecular flexibility index (Phi) is 4.94. The molecule has 0 bridgehead atoms. The SMILES string of the molecule is CCN(CC(C)C)c1cccc(F)c1[C@@H](C)O. The molecule has 0 radical (unpaired) electrons. The number of nitrogens with zero attached hydrogens (tertiary/aromatic N) is 1. The summed E-state index contributed by atoms with van der Waals surface area (Å²) in [5.41, 5.74) is 1.20. The van der Waals surface area contributed by atoms with E-state index in [0.29, 0.717) is 11.5 Å². The maximum absolute atomic E-state index is 13.7. The summed E-state index contributed by atoms with van der Waals surface area (Å²) in [5, 5.41) is 9.70. The second kappa shape index (κ2) is 6.01. The average molecular weight is 239 g/mol. The van der Waals surface area contributed by atoms with Crippen LogP contribution in [-0.2, 0) is 0 Å². The lowest BCUT2D eigenvalue weighted by atomic mass is 10.1. The molecule has 1 rings (SSSR count). The Labute approximate surface area is 103 Å². The number of benzene rings is 1. The molecule has 2 nitrogen and oxygen atoms in total. The van der Waals surface area contributed by atoms with Crippen LogP contribution in [0.3, 0.4) is 0 Å². The molecule has 0 heterocycles. The smallest absolute Gasteiger partial charge is 0.131 e. The van der Waals surface area contributed by atoms with Crippen LogP contribution in [0.25, 0.3) is 0 Å². The van der Waals surface area contributed by atoms with E-state index in [1.165, 1.54) is 6.07 Å². The minimum atomic E-state index is -0.785.